The highest BCUT2D eigenvalue weighted by molar-refractivity contribution is 8.00. The molecule has 0 aliphatic carbocycles. The number of furan rings is 1. The molecule has 1 aliphatic rings. The number of hydrogen-bond donors (Lipinski definition) is 1. The zero-order valence-corrected chi connectivity index (χ0v) is 22.2. The van der Waals surface area contributed by atoms with E-state index >= 15 is 0 Å². The van der Waals surface area contributed by atoms with E-state index in [-0.39, 0.29) is 35.9 Å². The van der Waals surface area contributed by atoms with E-state index in [0.717, 1.165) is 22.4 Å². The molecular weight excluding hydrogens is 504 g/mol. The van der Waals surface area contributed by atoms with Crippen molar-refractivity contribution >= 4 is 29.4 Å². The van der Waals surface area contributed by atoms with Crippen LogP contribution in [0.2, 0.25) is 0 Å². The monoisotopic (exact) mass is 532 g/mol. The van der Waals surface area contributed by atoms with E-state index in [2.05, 4.69) is 5.32 Å². The number of carbonyl (C=O) groups excluding carboxylic acids is 2. The number of carbonyl (C=O) groups is 2. The Morgan fingerprint density at radius 1 is 1.13 bits per heavy atom. The Labute approximate surface area is 224 Å². The molecule has 0 fully saturated rings. The van der Waals surface area contributed by atoms with Crippen LogP contribution >= 0.6 is 11.8 Å². The standard InChI is InChI=1S/C28H28N4O5S/c1-31-28-25(26(30-31)18-8-5-4-6-9-18)27(21-14-19(35-2)11-12-22(21)36-3)38-17-24(34)32(28)16-23(33)29-15-20-10-7-13-37-20/h4-14,27H,15-17H2,1-3H3,(H,29,33). The summed E-state index contributed by atoms with van der Waals surface area (Å²) in [6, 6.07) is 19.0. The first-order valence-corrected chi connectivity index (χ1v) is 13.1. The van der Waals surface area contributed by atoms with Crippen molar-refractivity contribution in [2.75, 3.05) is 31.4 Å². The average molecular weight is 533 g/mol. The number of aryl methyl sites for hydroxylation is 1. The summed E-state index contributed by atoms with van der Waals surface area (Å²) in [5.41, 5.74) is 3.34. The molecule has 5 rings (SSSR count). The normalized spacial score (nSPS) is 15.1. The zero-order valence-electron chi connectivity index (χ0n) is 21.3. The number of aromatic nitrogens is 2. The molecule has 3 heterocycles. The van der Waals surface area contributed by atoms with E-state index in [9.17, 15) is 9.59 Å². The molecule has 0 bridgehead atoms. The van der Waals surface area contributed by atoms with Gasteiger partial charge in [0.15, 0.2) is 0 Å². The molecular formula is C28H28N4O5S. The Kier molecular flexibility index (Phi) is 7.41. The van der Waals surface area contributed by atoms with Crippen molar-refractivity contribution in [1.29, 1.82) is 0 Å². The predicted molar refractivity (Wildman–Crippen MR) is 145 cm³/mol. The van der Waals surface area contributed by atoms with Crippen molar-refractivity contribution in [2.45, 2.75) is 11.8 Å². The van der Waals surface area contributed by atoms with Gasteiger partial charge in [0.1, 0.15) is 29.6 Å². The topological polar surface area (TPSA) is 98.8 Å². The van der Waals surface area contributed by atoms with Crippen LogP contribution in [0.1, 0.15) is 22.1 Å². The highest BCUT2D eigenvalue weighted by atomic mass is 32.2. The molecule has 1 atom stereocenters. The van der Waals surface area contributed by atoms with Crippen LogP contribution < -0.4 is 19.7 Å². The quantitative estimate of drug-likeness (QED) is 0.363. The van der Waals surface area contributed by atoms with Crippen LogP contribution in [-0.4, -0.2) is 48.1 Å². The highest BCUT2D eigenvalue weighted by Crippen LogP contribution is 2.50. The van der Waals surface area contributed by atoms with Gasteiger partial charge < -0.3 is 19.2 Å². The molecule has 4 aromatic rings. The van der Waals surface area contributed by atoms with Gasteiger partial charge in [-0.25, -0.2) is 0 Å². The number of benzene rings is 2. The van der Waals surface area contributed by atoms with E-state index in [4.69, 9.17) is 19.0 Å². The largest absolute Gasteiger partial charge is 0.497 e. The first-order chi connectivity index (χ1) is 18.5. The van der Waals surface area contributed by atoms with Crippen LogP contribution in [0.4, 0.5) is 5.82 Å². The minimum absolute atomic E-state index is 0.150. The van der Waals surface area contributed by atoms with Crippen molar-refractivity contribution in [3.8, 4) is 22.8 Å². The van der Waals surface area contributed by atoms with Crippen LogP contribution in [-0.2, 0) is 23.2 Å². The number of rotatable bonds is 8. The Bertz CT molecular complexity index is 1440. The molecule has 1 aliphatic heterocycles. The van der Waals surface area contributed by atoms with Gasteiger partial charge in [-0.3, -0.25) is 19.2 Å². The third-order valence-corrected chi connectivity index (χ3v) is 7.59. The van der Waals surface area contributed by atoms with Gasteiger partial charge in [-0.1, -0.05) is 30.3 Å². The van der Waals surface area contributed by atoms with Crippen molar-refractivity contribution in [1.82, 2.24) is 15.1 Å². The first kappa shape index (κ1) is 25.5. The van der Waals surface area contributed by atoms with E-state index in [1.807, 2.05) is 48.5 Å². The van der Waals surface area contributed by atoms with Crippen LogP contribution in [0.25, 0.3) is 11.3 Å². The molecule has 1 unspecified atom stereocenters. The maximum atomic E-state index is 13.5. The van der Waals surface area contributed by atoms with Gasteiger partial charge in [0.25, 0.3) is 0 Å². The van der Waals surface area contributed by atoms with E-state index < -0.39 is 0 Å². The van der Waals surface area contributed by atoms with Gasteiger partial charge in [-0.2, -0.15) is 5.10 Å². The highest BCUT2D eigenvalue weighted by Gasteiger charge is 2.37. The fourth-order valence-electron chi connectivity index (χ4n) is 4.59. The summed E-state index contributed by atoms with van der Waals surface area (Å²) in [6.45, 7) is 0.0859. The maximum Gasteiger partial charge on any atom is 0.240 e. The van der Waals surface area contributed by atoms with Crippen LogP contribution in [0.5, 0.6) is 11.5 Å². The Hall–Kier alpha value is -4.18. The van der Waals surface area contributed by atoms with Crippen LogP contribution in [0.15, 0.2) is 71.3 Å². The Morgan fingerprint density at radius 3 is 2.66 bits per heavy atom. The van der Waals surface area contributed by atoms with Crippen molar-refractivity contribution in [3.63, 3.8) is 0 Å². The summed E-state index contributed by atoms with van der Waals surface area (Å²) < 4.78 is 18.2. The first-order valence-electron chi connectivity index (χ1n) is 12.1. The summed E-state index contributed by atoms with van der Waals surface area (Å²) in [5, 5.41) is 7.38. The SMILES string of the molecule is COc1ccc(OC)c(C2SCC(=O)N(CC(=O)NCc3ccco3)c3c2c(-c2ccccc2)nn3C)c1. The molecule has 0 spiro atoms. The molecule has 9 nitrogen and oxygen atoms in total. The summed E-state index contributed by atoms with van der Waals surface area (Å²) >= 11 is 1.47. The summed E-state index contributed by atoms with van der Waals surface area (Å²) in [4.78, 5) is 28.0. The Balaban J connectivity index is 1.61. The van der Waals surface area contributed by atoms with Gasteiger partial charge in [0, 0.05) is 23.7 Å². The molecule has 0 saturated carbocycles. The molecule has 10 heteroatoms. The molecule has 2 aromatic heterocycles. The second-order valence-electron chi connectivity index (χ2n) is 8.71. The van der Waals surface area contributed by atoms with Gasteiger partial charge in [-0.05, 0) is 30.3 Å². The van der Waals surface area contributed by atoms with E-state index in [1.54, 1.807) is 44.3 Å². The molecule has 38 heavy (non-hydrogen) atoms. The molecule has 2 amide bonds. The molecule has 0 saturated heterocycles. The molecule has 0 radical (unpaired) electrons. The number of ether oxygens (including phenoxy) is 2. The van der Waals surface area contributed by atoms with Crippen molar-refractivity contribution in [2.24, 2.45) is 7.05 Å². The average Bonchev–Trinajstić information content (AvgIpc) is 3.55. The lowest BCUT2D eigenvalue weighted by Crippen LogP contribution is -2.42. The second kappa shape index (κ2) is 11.1. The molecule has 1 N–H and O–H groups in total. The zero-order chi connectivity index (χ0) is 26.6. The van der Waals surface area contributed by atoms with Crippen molar-refractivity contribution in [3.05, 3.63) is 83.8 Å². The van der Waals surface area contributed by atoms with Crippen LogP contribution in [0.3, 0.4) is 0 Å². The van der Waals surface area contributed by atoms with Gasteiger partial charge in [0.2, 0.25) is 11.8 Å². The number of nitrogens with one attached hydrogen (secondary N) is 1. The number of amides is 2. The number of fused-ring (bicyclic) bond motifs is 1. The smallest absolute Gasteiger partial charge is 0.240 e. The third-order valence-electron chi connectivity index (χ3n) is 6.35. The fraction of sp³-hybridized carbons (Fsp3) is 0.250. The lowest BCUT2D eigenvalue weighted by molar-refractivity contribution is -0.123. The van der Waals surface area contributed by atoms with Crippen LogP contribution in [0, 0.1) is 0 Å². The summed E-state index contributed by atoms with van der Waals surface area (Å²) in [7, 11) is 5.03. The van der Waals surface area contributed by atoms with Gasteiger partial charge in [0.05, 0.1) is 43.7 Å². The minimum atomic E-state index is -0.306. The lowest BCUT2D eigenvalue weighted by Gasteiger charge is -2.22. The Morgan fingerprint density at radius 2 is 1.95 bits per heavy atom. The molecule has 2 aromatic carbocycles. The van der Waals surface area contributed by atoms with Gasteiger partial charge >= 0.3 is 0 Å². The maximum absolute atomic E-state index is 13.5. The number of hydrogen-bond acceptors (Lipinski definition) is 7. The number of thioether (sulfide) groups is 1. The van der Waals surface area contributed by atoms with E-state index in [0.29, 0.717) is 23.1 Å². The number of methoxy groups -OCH3 is 2. The predicted octanol–water partition coefficient (Wildman–Crippen LogP) is 4.18. The molecule has 196 valence electrons. The number of anilines is 1. The fourth-order valence-corrected chi connectivity index (χ4v) is 5.80. The third kappa shape index (κ3) is 4.99. The van der Waals surface area contributed by atoms with Gasteiger partial charge in [-0.15, -0.1) is 11.8 Å². The lowest BCUT2D eigenvalue weighted by atomic mass is 9.98. The summed E-state index contributed by atoms with van der Waals surface area (Å²) in [5.74, 6) is 2.24. The van der Waals surface area contributed by atoms with E-state index in [1.165, 1.54) is 16.7 Å². The number of nitrogens with zero attached hydrogens (tertiary/aromatic N) is 3. The van der Waals surface area contributed by atoms with Crippen molar-refractivity contribution < 1.29 is 23.5 Å². The summed E-state index contributed by atoms with van der Waals surface area (Å²) in [6.07, 6.45) is 1.55. The minimum Gasteiger partial charge on any atom is -0.497 e. The second-order valence-corrected chi connectivity index (χ2v) is 9.80.